The van der Waals surface area contributed by atoms with Crippen LogP contribution in [0.5, 0.6) is 0 Å². The molecule has 0 aromatic rings. The van der Waals surface area contributed by atoms with Crippen molar-refractivity contribution in [3.8, 4) is 0 Å². The van der Waals surface area contributed by atoms with E-state index in [9.17, 15) is 0 Å². The fraction of sp³-hybridized carbons (Fsp3) is 1.00. The number of rotatable bonds is 7. The Morgan fingerprint density at radius 3 is 2.14 bits per heavy atom. The largest absolute Gasteiger partial charge is 0.316 e. The normalized spacial score (nSPS) is 12.4. The van der Waals surface area contributed by atoms with Gasteiger partial charge in [0.05, 0.1) is 0 Å². The molecule has 14 heavy (non-hydrogen) atoms. The molecule has 0 aromatic carbocycles. The van der Waals surface area contributed by atoms with Crippen molar-refractivity contribution in [3.63, 3.8) is 0 Å². The van der Waals surface area contributed by atoms with Crippen LogP contribution in [0.2, 0.25) is 0 Å². The number of likely N-dealkylation sites (N-methyl/N-ethyl adjacent to an activating group) is 2. The summed E-state index contributed by atoms with van der Waals surface area (Å²) < 4.78 is 0. The van der Waals surface area contributed by atoms with E-state index in [2.05, 4.69) is 44.8 Å². The zero-order valence-electron chi connectivity index (χ0n) is 10.7. The molecule has 0 rings (SSSR count). The van der Waals surface area contributed by atoms with E-state index in [1.54, 1.807) is 0 Å². The van der Waals surface area contributed by atoms with Crippen LogP contribution in [-0.4, -0.2) is 37.6 Å². The second kappa shape index (κ2) is 7.24. The molecule has 0 heterocycles. The van der Waals surface area contributed by atoms with Gasteiger partial charge in [-0.05, 0) is 31.5 Å². The predicted molar refractivity (Wildman–Crippen MR) is 64.7 cm³/mol. The van der Waals surface area contributed by atoms with Gasteiger partial charge >= 0.3 is 0 Å². The van der Waals surface area contributed by atoms with Crippen LogP contribution in [0.25, 0.3) is 0 Å². The third-order valence-electron chi connectivity index (χ3n) is 2.48. The van der Waals surface area contributed by atoms with Crippen LogP contribution in [-0.2, 0) is 0 Å². The lowest BCUT2D eigenvalue weighted by atomic mass is 9.92. The Morgan fingerprint density at radius 2 is 1.71 bits per heavy atom. The van der Waals surface area contributed by atoms with E-state index in [1.807, 2.05) is 0 Å². The smallest absolute Gasteiger partial charge is 0.0107 e. The average molecular weight is 200 g/mol. The summed E-state index contributed by atoms with van der Waals surface area (Å²) in [6.07, 6.45) is 1.28. The number of nitrogens with one attached hydrogen (secondary N) is 1. The summed E-state index contributed by atoms with van der Waals surface area (Å²) in [4.78, 5) is 2.52. The minimum atomic E-state index is 0.464. The lowest BCUT2D eigenvalue weighted by Gasteiger charge is -2.25. The number of nitrogens with zero attached hydrogens (tertiary/aromatic N) is 1. The molecule has 2 heteroatoms. The third kappa shape index (κ3) is 8.52. The first kappa shape index (κ1) is 13.9. The van der Waals surface area contributed by atoms with E-state index < -0.39 is 0 Å². The molecule has 0 atom stereocenters. The van der Waals surface area contributed by atoms with Gasteiger partial charge in [-0.2, -0.15) is 0 Å². The van der Waals surface area contributed by atoms with E-state index >= 15 is 0 Å². The fourth-order valence-corrected chi connectivity index (χ4v) is 1.34. The van der Waals surface area contributed by atoms with Crippen molar-refractivity contribution in [2.75, 3.05) is 32.7 Å². The van der Waals surface area contributed by atoms with Gasteiger partial charge in [0.2, 0.25) is 0 Å². The first-order valence-corrected chi connectivity index (χ1v) is 5.92. The molecule has 0 aliphatic rings. The third-order valence-corrected chi connectivity index (χ3v) is 2.48. The summed E-state index contributed by atoms with van der Waals surface area (Å²) in [6.45, 7) is 17.1. The van der Waals surface area contributed by atoms with E-state index in [0.29, 0.717) is 5.41 Å². The standard InChI is InChI=1S/C12H28N2/c1-6-13-9-11-14(7-2)10-8-12(3,4)5/h13H,6-11H2,1-5H3. The Bertz CT molecular complexity index is 127. The van der Waals surface area contributed by atoms with Crippen molar-refractivity contribution in [1.82, 2.24) is 10.2 Å². The maximum Gasteiger partial charge on any atom is 0.0107 e. The minimum Gasteiger partial charge on any atom is -0.316 e. The van der Waals surface area contributed by atoms with Gasteiger partial charge in [-0.3, -0.25) is 0 Å². The molecule has 0 fully saturated rings. The molecule has 2 nitrogen and oxygen atoms in total. The van der Waals surface area contributed by atoms with Gasteiger partial charge < -0.3 is 10.2 Å². The summed E-state index contributed by atoms with van der Waals surface area (Å²) in [5.41, 5.74) is 0.464. The predicted octanol–water partition coefficient (Wildman–Crippen LogP) is 2.35. The minimum absolute atomic E-state index is 0.464. The lowest BCUT2D eigenvalue weighted by molar-refractivity contribution is 0.237. The highest BCUT2D eigenvalue weighted by Crippen LogP contribution is 2.18. The Morgan fingerprint density at radius 1 is 1.07 bits per heavy atom. The van der Waals surface area contributed by atoms with Crippen molar-refractivity contribution in [2.45, 2.75) is 41.0 Å². The lowest BCUT2D eigenvalue weighted by Crippen LogP contribution is -2.34. The Balaban J connectivity index is 3.58. The van der Waals surface area contributed by atoms with Crippen molar-refractivity contribution in [3.05, 3.63) is 0 Å². The van der Waals surface area contributed by atoms with Gasteiger partial charge in [0.1, 0.15) is 0 Å². The summed E-state index contributed by atoms with van der Waals surface area (Å²) in [5.74, 6) is 0. The molecular weight excluding hydrogens is 172 g/mol. The molecule has 0 spiro atoms. The van der Waals surface area contributed by atoms with Gasteiger partial charge in [-0.15, -0.1) is 0 Å². The maximum absolute atomic E-state index is 3.37. The summed E-state index contributed by atoms with van der Waals surface area (Å²) >= 11 is 0. The molecule has 1 N–H and O–H groups in total. The molecule has 0 saturated carbocycles. The summed E-state index contributed by atoms with van der Waals surface area (Å²) in [6, 6.07) is 0. The molecule has 0 aliphatic carbocycles. The van der Waals surface area contributed by atoms with Gasteiger partial charge in [-0.25, -0.2) is 0 Å². The van der Waals surface area contributed by atoms with Gasteiger partial charge in [0.25, 0.3) is 0 Å². The van der Waals surface area contributed by atoms with Crippen LogP contribution >= 0.6 is 0 Å². The van der Waals surface area contributed by atoms with Crippen LogP contribution in [0, 0.1) is 5.41 Å². The molecular formula is C12H28N2. The van der Waals surface area contributed by atoms with Crippen LogP contribution in [0.4, 0.5) is 0 Å². The van der Waals surface area contributed by atoms with E-state index in [0.717, 1.165) is 13.1 Å². The average Bonchev–Trinajstić information content (AvgIpc) is 2.09. The van der Waals surface area contributed by atoms with E-state index in [1.165, 1.54) is 26.1 Å². The topological polar surface area (TPSA) is 15.3 Å². The van der Waals surface area contributed by atoms with Crippen LogP contribution < -0.4 is 5.32 Å². The highest BCUT2D eigenvalue weighted by atomic mass is 15.1. The molecule has 0 aliphatic heterocycles. The highest BCUT2D eigenvalue weighted by Gasteiger charge is 2.11. The maximum atomic E-state index is 3.37. The molecule has 0 radical (unpaired) electrons. The highest BCUT2D eigenvalue weighted by molar-refractivity contribution is 4.66. The van der Waals surface area contributed by atoms with Crippen molar-refractivity contribution in [2.24, 2.45) is 5.41 Å². The van der Waals surface area contributed by atoms with Crippen molar-refractivity contribution < 1.29 is 0 Å². The zero-order chi connectivity index (χ0) is 11.0. The molecule has 86 valence electrons. The van der Waals surface area contributed by atoms with Crippen molar-refractivity contribution >= 4 is 0 Å². The number of hydrogen-bond donors (Lipinski definition) is 1. The van der Waals surface area contributed by atoms with E-state index in [4.69, 9.17) is 0 Å². The monoisotopic (exact) mass is 200 g/mol. The van der Waals surface area contributed by atoms with E-state index in [-0.39, 0.29) is 0 Å². The van der Waals surface area contributed by atoms with Crippen LogP contribution in [0.15, 0.2) is 0 Å². The first-order valence-electron chi connectivity index (χ1n) is 5.92. The summed E-state index contributed by atoms with van der Waals surface area (Å²) in [7, 11) is 0. The molecule has 0 aromatic heterocycles. The van der Waals surface area contributed by atoms with Gasteiger partial charge in [-0.1, -0.05) is 34.6 Å². The van der Waals surface area contributed by atoms with Crippen LogP contribution in [0.1, 0.15) is 41.0 Å². The van der Waals surface area contributed by atoms with Gasteiger partial charge in [0.15, 0.2) is 0 Å². The second-order valence-corrected chi connectivity index (χ2v) is 5.10. The SMILES string of the molecule is CCNCCN(CC)CCC(C)(C)C. The Hall–Kier alpha value is -0.0800. The molecule has 0 amide bonds. The number of hydrogen-bond acceptors (Lipinski definition) is 2. The molecule has 0 unspecified atom stereocenters. The fourth-order valence-electron chi connectivity index (χ4n) is 1.34. The second-order valence-electron chi connectivity index (χ2n) is 5.10. The molecule has 0 saturated heterocycles. The van der Waals surface area contributed by atoms with Crippen molar-refractivity contribution in [1.29, 1.82) is 0 Å². The van der Waals surface area contributed by atoms with Gasteiger partial charge in [0, 0.05) is 13.1 Å². The first-order chi connectivity index (χ1) is 6.49. The Labute approximate surface area is 90.1 Å². The Kier molecular flexibility index (Phi) is 7.20. The molecule has 0 bridgehead atoms. The zero-order valence-corrected chi connectivity index (χ0v) is 10.7. The summed E-state index contributed by atoms with van der Waals surface area (Å²) in [5, 5.41) is 3.37. The van der Waals surface area contributed by atoms with Crippen LogP contribution in [0.3, 0.4) is 0 Å². The quantitative estimate of drug-likeness (QED) is 0.635.